The molecule has 0 aromatic heterocycles. The van der Waals surface area contributed by atoms with E-state index in [9.17, 15) is 4.39 Å². The Balaban J connectivity index is 2.15. The molecule has 2 nitrogen and oxygen atoms in total. The highest BCUT2D eigenvalue weighted by molar-refractivity contribution is 9.10. The van der Waals surface area contributed by atoms with Crippen molar-refractivity contribution in [1.82, 2.24) is 0 Å². The summed E-state index contributed by atoms with van der Waals surface area (Å²) in [4.78, 5) is 0. The number of benzene rings is 2. The predicted octanol–water partition coefficient (Wildman–Crippen LogP) is 4.71. The van der Waals surface area contributed by atoms with Gasteiger partial charge in [0.2, 0.25) is 0 Å². The molecule has 0 bridgehead atoms. The first-order valence-corrected chi connectivity index (χ1v) is 7.73. The molecule has 0 saturated heterocycles. The zero-order valence-electron chi connectivity index (χ0n) is 11.6. The van der Waals surface area contributed by atoms with E-state index >= 15 is 0 Å². The van der Waals surface area contributed by atoms with Crippen molar-refractivity contribution < 1.29 is 9.13 Å². The maximum atomic E-state index is 13.1. The minimum Gasteiger partial charge on any atom is -0.489 e. The third-order valence-electron chi connectivity index (χ3n) is 2.96. The first-order valence-electron chi connectivity index (χ1n) is 6.56. The highest BCUT2D eigenvalue weighted by Crippen LogP contribution is 2.26. The van der Waals surface area contributed by atoms with Gasteiger partial charge < -0.3 is 10.5 Å². The molecule has 0 saturated carbocycles. The van der Waals surface area contributed by atoms with Gasteiger partial charge in [0.05, 0.1) is 0 Å². The number of rotatable bonds is 5. The summed E-state index contributed by atoms with van der Waals surface area (Å²) in [5.41, 5.74) is 7.69. The minimum absolute atomic E-state index is 0.0170. The first kappa shape index (κ1) is 16.3. The van der Waals surface area contributed by atoms with Crippen molar-refractivity contribution in [2.24, 2.45) is 5.73 Å². The van der Waals surface area contributed by atoms with E-state index < -0.39 is 0 Å². The zero-order chi connectivity index (χ0) is 15.4. The molecule has 2 aromatic rings. The topological polar surface area (TPSA) is 35.2 Å². The normalized spacial score (nSPS) is 12.2. The lowest BCUT2D eigenvalue weighted by molar-refractivity contribution is 0.301. The summed E-state index contributed by atoms with van der Waals surface area (Å²) in [7, 11) is 0. The standard InChI is InChI=1S/C16H16BrClFNO/c1-10(20)6-12-7-13(18)3-5-16(12)21-9-11-2-4-14(19)8-15(11)17/h2-5,7-8,10H,6,9,20H2,1H3. The van der Waals surface area contributed by atoms with Gasteiger partial charge >= 0.3 is 0 Å². The molecule has 0 spiro atoms. The lowest BCUT2D eigenvalue weighted by atomic mass is 10.1. The number of hydrogen-bond donors (Lipinski definition) is 1. The molecule has 0 heterocycles. The minimum atomic E-state index is -0.283. The number of halogens is 3. The Morgan fingerprint density at radius 3 is 2.67 bits per heavy atom. The molecular weight excluding hydrogens is 357 g/mol. The second kappa shape index (κ2) is 7.25. The molecular formula is C16H16BrClFNO. The molecule has 21 heavy (non-hydrogen) atoms. The fourth-order valence-corrected chi connectivity index (χ4v) is 2.65. The summed E-state index contributed by atoms with van der Waals surface area (Å²) >= 11 is 9.34. The van der Waals surface area contributed by atoms with E-state index in [2.05, 4.69) is 15.9 Å². The quantitative estimate of drug-likeness (QED) is 0.825. The molecule has 1 unspecified atom stereocenters. The summed E-state index contributed by atoms with van der Waals surface area (Å²) in [6, 6.07) is 10.0. The van der Waals surface area contributed by atoms with Crippen LogP contribution in [-0.4, -0.2) is 6.04 Å². The number of ether oxygens (including phenoxy) is 1. The van der Waals surface area contributed by atoms with Gasteiger partial charge in [-0.1, -0.05) is 33.6 Å². The van der Waals surface area contributed by atoms with Gasteiger partial charge in [-0.15, -0.1) is 0 Å². The van der Waals surface area contributed by atoms with Crippen LogP contribution in [0.5, 0.6) is 5.75 Å². The number of nitrogens with two attached hydrogens (primary N) is 1. The van der Waals surface area contributed by atoms with Crippen LogP contribution in [0, 0.1) is 5.82 Å². The molecule has 2 aromatic carbocycles. The van der Waals surface area contributed by atoms with Crippen molar-refractivity contribution in [1.29, 1.82) is 0 Å². The van der Waals surface area contributed by atoms with E-state index in [-0.39, 0.29) is 11.9 Å². The maximum Gasteiger partial charge on any atom is 0.124 e. The largest absolute Gasteiger partial charge is 0.489 e. The molecule has 0 amide bonds. The van der Waals surface area contributed by atoms with Gasteiger partial charge in [0.15, 0.2) is 0 Å². The molecule has 112 valence electrons. The highest BCUT2D eigenvalue weighted by Gasteiger charge is 2.09. The van der Waals surface area contributed by atoms with Crippen LogP contribution in [0.1, 0.15) is 18.1 Å². The highest BCUT2D eigenvalue weighted by atomic mass is 79.9. The van der Waals surface area contributed by atoms with Crippen molar-refractivity contribution in [3.05, 3.63) is 62.8 Å². The molecule has 1 atom stereocenters. The molecule has 2 N–H and O–H groups in total. The monoisotopic (exact) mass is 371 g/mol. The summed E-state index contributed by atoms with van der Waals surface area (Å²) in [5, 5.41) is 0.654. The van der Waals surface area contributed by atoms with Crippen molar-refractivity contribution in [3.63, 3.8) is 0 Å². The van der Waals surface area contributed by atoms with Crippen LogP contribution in [0.15, 0.2) is 40.9 Å². The molecule has 2 rings (SSSR count). The Morgan fingerprint density at radius 2 is 2.00 bits per heavy atom. The van der Waals surface area contributed by atoms with E-state index in [0.717, 1.165) is 16.9 Å². The van der Waals surface area contributed by atoms with Crippen LogP contribution < -0.4 is 10.5 Å². The summed E-state index contributed by atoms with van der Waals surface area (Å²) in [6.45, 7) is 2.27. The van der Waals surface area contributed by atoms with E-state index in [1.165, 1.54) is 12.1 Å². The molecule has 0 aliphatic heterocycles. The van der Waals surface area contributed by atoms with Crippen molar-refractivity contribution >= 4 is 27.5 Å². The van der Waals surface area contributed by atoms with Gasteiger partial charge in [-0.25, -0.2) is 4.39 Å². The fourth-order valence-electron chi connectivity index (χ4n) is 1.99. The van der Waals surface area contributed by atoms with Gasteiger partial charge in [0.25, 0.3) is 0 Å². The van der Waals surface area contributed by atoms with Crippen LogP contribution in [0.4, 0.5) is 4.39 Å². The smallest absolute Gasteiger partial charge is 0.124 e. The van der Waals surface area contributed by atoms with Gasteiger partial charge in [-0.2, -0.15) is 0 Å². The second-order valence-electron chi connectivity index (χ2n) is 4.96. The lowest BCUT2D eigenvalue weighted by Gasteiger charge is -2.14. The Hall–Kier alpha value is -1.10. The predicted molar refractivity (Wildman–Crippen MR) is 87.2 cm³/mol. The third-order valence-corrected chi connectivity index (χ3v) is 3.94. The Morgan fingerprint density at radius 1 is 1.24 bits per heavy atom. The zero-order valence-corrected chi connectivity index (χ0v) is 13.9. The van der Waals surface area contributed by atoms with Crippen molar-refractivity contribution in [2.75, 3.05) is 0 Å². The van der Waals surface area contributed by atoms with Crippen LogP contribution in [0.25, 0.3) is 0 Å². The first-order chi connectivity index (χ1) is 9.95. The van der Waals surface area contributed by atoms with Gasteiger partial charge in [-0.3, -0.25) is 0 Å². The summed E-state index contributed by atoms with van der Waals surface area (Å²) in [6.07, 6.45) is 0.681. The summed E-state index contributed by atoms with van der Waals surface area (Å²) < 4.78 is 19.6. The number of hydrogen-bond acceptors (Lipinski definition) is 2. The van der Waals surface area contributed by atoms with Crippen LogP contribution in [0.3, 0.4) is 0 Å². The Labute approximate surface area is 137 Å². The van der Waals surface area contributed by atoms with Crippen LogP contribution >= 0.6 is 27.5 Å². The molecule has 0 aliphatic carbocycles. The average molecular weight is 373 g/mol. The van der Waals surface area contributed by atoms with E-state index in [1.807, 2.05) is 19.1 Å². The second-order valence-corrected chi connectivity index (χ2v) is 6.25. The van der Waals surface area contributed by atoms with Crippen molar-refractivity contribution in [3.8, 4) is 5.75 Å². The summed E-state index contributed by atoms with van der Waals surface area (Å²) in [5.74, 6) is 0.461. The van der Waals surface area contributed by atoms with Gasteiger partial charge in [-0.05, 0) is 49.2 Å². The van der Waals surface area contributed by atoms with Gasteiger partial charge in [0.1, 0.15) is 18.2 Å². The van der Waals surface area contributed by atoms with E-state index in [4.69, 9.17) is 22.1 Å². The van der Waals surface area contributed by atoms with E-state index in [0.29, 0.717) is 22.5 Å². The maximum absolute atomic E-state index is 13.1. The molecule has 0 radical (unpaired) electrons. The van der Waals surface area contributed by atoms with Crippen LogP contribution in [0.2, 0.25) is 5.02 Å². The van der Waals surface area contributed by atoms with Crippen molar-refractivity contribution in [2.45, 2.75) is 26.0 Å². The fraction of sp³-hybridized carbons (Fsp3) is 0.250. The Kier molecular flexibility index (Phi) is 5.62. The average Bonchev–Trinajstić information content (AvgIpc) is 2.39. The van der Waals surface area contributed by atoms with E-state index in [1.54, 1.807) is 12.1 Å². The third kappa shape index (κ3) is 4.70. The van der Waals surface area contributed by atoms with Crippen LogP contribution in [-0.2, 0) is 13.0 Å². The Bertz CT molecular complexity index is 634. The SMILES string of the molecule is CC(N)Cc1cc(Cl)ccc1OCc1ccc(F)cc1Br. The molecule has 0 aliphatic rings. The lowest BCUT2D eigenvalue weighted by Crippen LogP contribution is -2.18. The molecule has 5 heteroatoms. The molecule has 0 fully saturated rings. The van der Waals surface area contributed by atoms with Gasteiger partial charge in [0, 0.05) is 21.1 Å².